The summed E-state index contributed by atoms with van der Waals surface area (Å²) in [6.45, 7) is 2.19. The van der Waals surface area contributed by atoms with E-state index in [1.54, 1.807) is 11.3 Å². The van der Waals surface area contributed by atoms with Crippen molar-refractivity contribution in [1.29, 1.82) is 5.26 Å². The Morgan fingerprint density at radius 3 is 2.76 bits per heavy atom. The molecule has 0 unspecified atom stereocenters. The van der Waals surface area contributed by atoms with E-state index in [9.17, 15) is 10.1 Å². The molecule has 0 fully saturated rings. The predicted octanol–water partition coefficient (Wildman–Crippen LogP) is 4.44. The van der Waals surface area contributed by atoms with Crippen LogP contribution in [0.2, 0.25) is 5.02 Å². The Morgan fingerprint density at radius 1 is 1.32 bits per heavy atom. The van der Waals surface area contributed by atoms with Gasteiger partial charge in [0.05, 0.1) is 12.1 Å². The predicted molar refractivity (Wildman–Crippen MR) is 102 cm³/mol. The lowest BCUT2D eigenvalue weighted by atomic mass is 9.96. The second kappa shape index (κ2) is 8.01. The van der Waals surface area contributed by atoms with Crippen LogP contribution in [0.3, 0.4) is 0 Å². The average Bonchev–Trinajstić information content (AvgIpc) is 2.97. The normalized spacial score (nSPS) is 14.4. The molecule has 130 valence electrons. The number of nitrogens with one attached hydrogen (secondary N) is 2. The van der Waals surface area contributed by atoms with Crippen LogP contribution in [0.1, 0.15) is 47.4 Å². The number of thiophene rings is 1. The summed E-state index contributed by atoms with van der Waals surface area (Å²) in [6.07, 6.45) is 4.23. The van der Waals surface area contributed by atoms with Crippen LogP contribution in [0, 0.1) is 11.3 Å². The molecular weight excluding hydrogens is 354 g/mol. The summed E-state index contributed by atoms with van der Waals surface area (Å²) in [4.78, 5) is 13.5. The molecule has 0 radical (unpaired) electrons. The van der Waals surface area contributed by atoms with Crippen molar-refractivity contribution >= 4 is 33.8 Å². The maximum atomic E-state index is 12.3. The van der Waals surface area contributed by atoms with E-state index in [1.165, 1.54) is 4.88 Å². The van der Waals surface area contributed by atoms with Gasteiger partial charge < -0.3 is 10.6 Å². The second-order valence-corrected chi connectivity index (χ2v) is 7.77. The maximum absolute atomic E-state index is 12.3. The first kappa shape index (κ1) is 17.9. The molecule has 25 heavy (non-hydrogen) atoms. The standard InChI is InChI=1S/C19H20ClN3OS/c1-12(13-6-8-14(20)9-7-13)22-11-18(24)23-19-16(10-21)15-4-2-3-5-17(15)25-19/h6-9,12,22H,2-5,11H2,1H3,(H,23,24)/t12-/m1/s1. The van der Waals surface area contributed by atoms with Crippen LogP contribution in [-0.4, -0.2) is 12.5 Å². The summed E-state index contributed by atoms with van der Waals surface area (Å²) in [5.41, 5.74) is 2.86. The van der Waals surface area contributed by atoms with E-state index in [0.29, 0.717) is 15.6 Å². The smallest absolute Gasteiger partial charge is 0.238 e. The molecule has 0 saturated carbocycles. The molecule has 1 atom stereocenters. The summed E-state index contributed by atoms with van der Waals surface area (Å²) in [6, 6.07) is 9.87. The van der Waals surface area contributed by atoms with Crippen LogP contribution in [-0.2, 0) is 17.6 Å². The van der Waals surface area contributed by atoms with E-state index in [4.69, 9.17) is 11.6 Å². The summed E-state index contributed by atoms with van der Waals surface area (Å²) < 4.78 is 0. The van der Waals surface area contributed by atoms with Gasteiger partial charge in [-0.15, -0.1) is 11.3 Å². The summed E-state index contributed by atoms with van der Waals surface area (Å²) in [5, 5.41) is 16.9. The van der Waals surface area contributed by atoms with Crippen molar-refractivity contribution in [3.63, 3.8) is 0 Å². The first-order valence-electron chi connectivity index (χ1n) is 8.42. The van der Waals surface area contributed by atoms with Gasteiger partial charge in [-0.1, -0.05) is 23.7 Å². The molecule has 1 aromatic carbocycles. The Labute approximate surface area is 156 Å². The monoisotopic (exact) mass is 373 g/mol. The average molecular weight is 374 g/mol. The van der Waals surface area contributed by atoms with Crippen molar-refractivity contribution in [1.82, 2.24) is 5.32 Å². The molecule has 1 aromatic heterocycles. The van der Waals surface area contributed by atoms with E-state index >= 15 is 0 Å². The highest BCUT2D eigenvalue weighted by Gasteiger charge is 2.21. The third-order valence-corrected chi connectivity index (χ3v) is 5.93. The summed E-state index contributed by atoms with van der Waals surface area (Å²) in [7, 11) is 0. The largest absolute Gasteiger partial charge is 0.315 e. The van der Waals surface area contributed by atoms with Crippen LogP contribution in [0.4, 0.5) is 5.00 Å². The zero-order chi connectivity index (χ0) is 17.8. The van der Waals surface area contributed by atoms with Gasteiger partial charge in [0.25, 0.3) is 0 Å². The number of nitriles is 1. The van der Waals surface area contributed by atoms with Gasteiger partial charge in [-0.25, -0.2) is 0 Å². The molecule has 6 heteroatoms. The highest BCUT2D eigenvalue weighted by Crippen LogP contribution is 2.37. The molecular formula is C19H20ClN3OS. The van der Waals surface area contributed by atoms with Crippen molar-refractivity contribution in [2.24, 2.45) is 0 Å². The number of hydrogen-bond acceptors (Lipinski definition) is 4. The van der Waals surface area contributed by atoms with Gasteiger partial charge in [0.2, 0.25) is 5.91 Å². The highest BCUT2D eigenvalue weighted by atomic mass is 35.5. The Hall–Kier alpha value is -1.87. The quantitative estimate of drug-likeness (QED) is 0.814. The van der Waals surface area contributed by atoms with Crippen molar-refractivity contribution < 1.29 is 4.79 Å². The van der Waals surface area contributed by atoms with Crippen LogP contribution in [0.5, 0.6) is 0 Å². The molecule has 1 aliphatic carbocycles. The van der Waals surface area contributed by atoms with Gasteiger partial charge >= 0.3 is 0 Å². The van der Waals surface area contributed by atoms with Gasteiger partial charge in [-0.3, -0.25) is 4.79 Å². The third-order valence-electron chi connectivity index (χ3n) is 4.47. The number of aryl methyl sites for hydroxylation is 1. The molecule has 1 aliphatic rings. The lowest BCUT2D eigenvalue weighted by Crippen LogP contribution is -2.30. The number of fused-ring (bicyclic) bond motifs is 1. The fraction of sp³-hybridized carbons (Fsp3) is 0.368. The van der Waals surface area contributed by atoms with Crippen LogP contribution < -0.4 is 10.6 Å². The zero-order valence-corrected chi connectivity index (χ0v) is 15.6. The summed E-state index contributed by atoms with van der Waals surface area (Å²) in [5.74, 6) is -0.129. The van der Waals surface area contributed by atoms with Crippen LogP contribution >= 0.6 is 22.9 Å². The molecule has 0 aliphatic heterocycles. The first-order valence-corrected chi connectivity index (χ1v) is 9.61. The highest BCUT2D eigenvalue weighted by molar-refractivity contribution is 7.16. The third kappa shape index (κ3) is 4.21. The fourth-order valence-corrected chi connectivity index (χ4v) is 4.44. The second-order valence-electron chi connectivity index (χ2n) is 6.23. The number of nitrogens with zero attached hydrogens (tertiary/aromatic N) is 1. The molecule has 1 heterocycles. The van der Waals surface area contributed by atoms with Gasteiger partial charge in [0, 0.05) is 15.9 Å². The van der Waals surface area contributed by atoms with Gasteiger partial charge in [-0.05, 0) is 55.9 Å². The Bertz CT molecular complexity index is 807. The number of carbonyl (C=O) groups is 1. The number of anilines is 1. The van der Waals surface area contributed by atoms with E-state index in [0.717, 1.165) is 36.8 Å². The van der Waals surface area contributed by atoms with E-state index in [2.05, 4.69) is 16.7 Å². The van der Waals surface area contributed by atoms with E-state index < -0.39 is 0 Å². The maximum Gasteiger partial charge on any atom is 0.238 e. The summed E-state index contributed by atoms with van der Waals surface area (Å²) >= 11 is 7.45. The number of rotatable bonds is 5. The Balaban J connectivity index is 1.60. The van der Waals surface area contributed by atoms with Gasteiger partial charge in [-0.2, -0.15) is 5.26 Å². The number of halogens is 1. The number of hydrogen-bond donors (Lipinski definition) is 2. The van der Waals surface area contributed by atoms with Crippen LogP contribution in [0.25, 0.3) is 0 Å². The molecule has 2 N–H and O–H groups in total. The molecule has 3 rings (SSSR count). The molecule has 0 spiro atoms. The molecule has 0 saturated heterocycles. The molecule has 2 aromatic rings. The lowest BCUT2D eigenvalue weighted by Gasteiger charge is -2.14. The fourth-order valence-electron chi connectivity index (χ4n) is 3.06. The van der Waals surface area contributed by atoms with E-state index in [1.807, 2.05) is 31.2 Å². The Morgan fingerprint density at radius 2 is 2.04 bits per heavy atom. The minimum absolute atomic E-state index is 0.0370. The first-order chi connectivity index (χ1) is 12.1. The number of carbonyl (C=O) groups excluding carboxylic acids is 1. The van der Waals surface area contributed by atoms with Gasteiger partial charge in [0.1, 0.15) is 11.1 Å². The molecule has 4 nitrogen and oxygen atoms in total. The van der Waals surface area contributed by atoms with E-state index in [-0.39, 0.29) is 18.5 Å². The Kier molecular flexibility index (Phi) is 5.74. The molecule has 1 amide bonds. The van der Waals surface area contributed by atoms with Crippen molar-refractivity contribution in [2.75, 3.05) is 11.9 Å². The van der Waals surface area contributed by atoms with Gasteiger partial charge in [0.15, 0.2) is 0 Å². The zero-order valence-electron chi connectivity index (χ0n) is 14.1. The minimum Gasteiger partial charge on any atom is -0.315 e. The van der Waals surface area contributed by atoms with Crippen LogP contribution in [0.15, 0.2) is 24.3 Å². The van der Waals surface area contributed by atoms with Crippen molar-refractivity contribution in [3.05, 3.63) is 50.9 Å². The number of amides is 1. The topological polar surface area (TPSA) is 64.9 Å². The minimum atomic E-state index is -0.129. The van der Waals surface area contributed by atoms with Crippen molar-refractivity contribution in [3.8, 4) is 6.07 Å². The lowest BCUT2D eigenvalue weighted by molar-refractivity contribution is -0.115. The number of benzene rings is 1. The molecule has 0 bridgehead atoms. The SMILES string of the molecule is C[C@@H](NCC(=O)Nc1sc2c(c1C#N)CCCC2)c1ccc(Cl)cc1. The van der Waals surface area contributed by atoms with Crippen molar-refractivity contribution in [2.45, 2.75) is 38.6 Å².